The first-order valence-corrected chi connectivity index (χ1v) is 7.67. The zero-order chi connectivity index (χ0) is 14.1. The van der Waals surface area contributed by atoms with Crippen molar-refractivity contribution in [3.05, 3.63) is 28.0 Å². The van der Waals surface area contributed by atoms with Crippen molar-refractivity contribution in [3.63, 3.8) is 0 Å². The Balaban J connectivity index is 1.87. The lowest BCUT2D eigenvalue weighted by Gasteiger charge is -2.43. The molecule has 0 bridgehead atoms. The normalized spacial score (nSPS) is 26.2. The minimum atomic E-state index is -0.141. The molecule has 20 heavy (non-hydrogen) atoms. The summed E-state index contributed by atoms with van der Waals surface area (Å²) >= 11 is 12.0. The Morgan fingerprint density at radius 2 is 2.10 bits per heavy atom. The van der Waals surface area contributed by atoms with Crippen LogP contribution in [0.4, 0.5) is 0 Å². The van der Waals surface area contributed by atoms with Crippen molar-refractivity contribution in [2.75, 3.05) is 13.2 Å². The summed E-state index contributed by atoms with van der Waals surface area (Å²) < 4.78 is 5.78. The summed E-state index contributed by atoms with van der Waals surface area (Å²) in [6.07, 6.45) is 4.45. The van der Waals surface area contributed by atoms with Crippen LogP contribution in [0, 0.1) is 0 Å². The summed E-state index contributed by atoms with van der Waals surface area (Å²) in [6, 6.07) is 3.34. The Labute approximate surface area is 128 Å². The summed E-state index contributed by atoms with van der Waals surface area (Å²) in [4.78, 5) is 18.6. The molecule has 1 saturated carbocycles. The maximum absolute atomic E-state index is 12.7. The predicted octanol–water partition coefficient (Wildman–Crippen LogP) is 3.17. The van der Waals surface area contributed by atoms with Gasteiger partial charge in [0.05, 0.1) is 23.8 Å². The van der Waals surface area contributed by atoms with Gasteiger partial charge in [-0.25, -0.2) is 4.98 Å². The number of morpholine rings is 1. The molecule has 3 rings (SSSR count). The SMILES string of the molecule is O=C(c1nc(Cl)ccc1Cl)N1CCOC2CCCCC21. The molecular formula is C14H16Cl2N2O2. The summed E-state index contributed by atoms with van der Waals surface area (Å²) in [5.74, 6) is -0.141. The number of ether oxygens (including phenoxy) is 1. The average Bonchev–Trinajstić information content (AvgIpc) is 2.48. The van der Waals surface area contributed by atoms with E-state index in [4.69, 9.17) is 27.9 Å². The van der Waals surface area contributed by atoms with Crippen LogP contribution in [0.5, 0.6) is 0 Å². The van der Waals surface area contributed by atoms with Crippen LogP contribution in [0.3, 0.4) is 0 Å². The summed E-state index contributed by atoms with van der Waals surface area (Å²) in [5.41, 5.74) is 0.241. The lowest BCUT2D eigenvalue weighted by Crippen LogP contribution is -2.55. The van der Waals surface area contributed by atoms with Crippen molar-refractivity contribution in [2.45, 2.75) is 37.8 Å². The second kappa shape index (κ2) is 5.88. The summed E-state index contributed by atoms with van der Waals surface area (Å²) in [6.45, 7) is 1.16. The first-order valence-electron chi connectivity index (χ1n) is 6.91. The van der Waals surface area contributed by atoms with Gasteiger partial charge in [0.2, 0.25) is 0 Å². The van der Waals surface area contributed by atoms with E-state index in [1.165, 1.54) is 6.42 Å². The number of carbonyl (C=O) groups excluding carboxylic acids is 1. The number of pyridine rings is 1. The molecule has 2 atom stereocenters. The average molecular weight is 315 g/mol. The van der Waals surface area contributed by atoms with Gasteiger partial charge in [-0.3, -0.25) is 4.79 Å². The monoisotopic (exact) mass is 314 g/mol. The Morgan fingerprint density at radius 3 is 2.95 bits per heavy atom. The molecule has 0 N–H and O–H groups in total. The first kappa shape index (κ1) is 14.1. The van der Waals surface area contributed by atoms with Crippen molar-refractivity contribution >= 4 is 29.1 Å². The Kier molecular flexibility index (Phi) is 4.15. The maximum atomic E-state index is 12.7. The van der Waals surface area contributed by atoms with Gasteiger partial charge >= 0.3 is 0 Å². The van der Waals surface area contributed by atoms with Gasteiger partial charge in [-0.05, 0) is 25.0 Å². The molecule has 2 fully saturated rings. The largest absolute Gasteiger partial charge is 0.374 e. The molecule has 1 aliphatic heterocycles. The van der Waals surface area contributed by atoms with E-state index < -0.39 is 0 Å². The minimum Gasteiger partial charge on any atom is -0.374 e. The molecule has 0 spiro atoms. The van der Waals surface area contributed by atoms with E-state index >= 15 is 0 Å². The number of nitrogens with zero attached hydrogens (tertiary/aromatic N) is 2. The fourth-order valence-electron chi connectivity index (χ4n) is 3.05. The second-order valence-corrected chi connectivity index (χ2v) is 6.02. The number of fused-ring (bicyclic) bond motifs is 1. The highest BCUT2D eigenvalue weighted by Crippen LogP contribution is 2.30. The van der Waals surface area contributed by atoms with Gasteiger partial charge in [-0.1, -0.05) is 36.0 Å². The molecule has 1 aromatic rings. The van der Waals surface area contributed by atoms with Crippen molar-refractivity contribution in [3.8, 4) is 0 Å². The predicted molar refractivity (Wildman–Crippen MR) is 77.3 cm³/mol. The zero-order valence-corrected chi connectivity index (χ0v) is 12.5. The molecule has 2 heterocycles. The molecular weight excluding hydrogens is 299 g/mol. The molecule has 2 aliphatic rings. The number of hydrogen-bond donors (Lipinski definition) is 0. The minimum absolute atomic E-state index is 0.141. The van der Waals surface area contributed by atoms with E-state index in [2.05, 4.69) is 4.98 Å². The van der Waals surface area contributed by atoms with Gasteiger partial charge < -0.3 is 9.64 Å². The van der Waals surface area contributed by atoms with E-state index in [9.17, 15) is 4.79 Å². The van der Waals surface area contributed by atoms with Crippen LogP contribution in [0.25, 0.3) is 0 Å². The third-order valence-corrected chi connectivity index (χ3v) is 4.52. The number of amides is 1. The van der Waals surface area contributed by atoms with Crippen LogP contribution in [0.2, 0.25) is 10.2 Å². The van der Waals surface area contributed by atoms with Gasteiger partial charge in [0.1, 0.15) is 10.8 Å². The molecule has 1 aliphatic carbocycles. The van der Waals surface area contributed by atoms with Crippen LogP contribution >= 0.6 is 23.2 Å². The van der Waals surface area contributed by atoms with Crippen molar-refractivity contribution in [2.24, 2.45) is 0 Å². The van der Waals surface area contributed by atoms with E-state index in [1.54, 1.807) is 12.1 Å². The number of halogens is 2. The molecule has 1 aromatic heterocycles. The molecule has 1 amide bonds. The third kappa shape index (κ3) is 2.65. The van der Waals surface area contributed by atoms with Crippen molar-refractivity contribution in [1.29, 1.82) is 0 Å². The molecule has 4 nitrogen and oxygen atoms in total. The number of hydrogen-bond acceptors (Lipinski definition) is 3. The van der Waals surface area contributed by atoms with Crippen molar-refractivity contribution < 1.29 is 9.53 Å². The highest BCUT2D eigenvalue weighted by molar-refractivity contribution is 6.34. The standard InChI is InChI=1S/C14H16Cl2N2O2/c15-9-5-6-12(16)17-13(9)14(19)18-7-8-20-11-4-2-1-3-10(11)18/h5-6,10-11H,1-4,7-8H2. The second-order valence-electron chi connectivity index (χ2n) is 5.22. The van der Waals surface area contributed by atoms with Gasteiger partial charge in [0, 0.05) is 6.54 Å². The molecule has 0 radical (unpaired) electrons. The summed E-state index contributed by atoms with van der Waals surface area (Å²) in [5, 5.41) is 0.629. The molecule has 2 unspecified atom stereocenters. The topological polar surface area (TPSA) is 42.4 Å². The smallest absolute Gasteiger partial charge is 0.274 e. The Hall–Kier alpha value is -0.840. The van der Waals surface area contributed by atoms with E-state index in [-0.39, 0.29) is 28.9 Å². The molecule has 108 valence electrons. The van der Waals surface area contributed by atoms with Crippen LogP contribution in [-0.4, -0.2) is 41.1 Å². The Morgan fingerprint density at radius 1 is 1.30 bits per heavy atom. The van der Waals surface area contributed by atoms with Gasteiger partial charge in [0.15, 0.2) is 0 Å². The lowest BCUT2D eigenvalue weighted by atomic mass is 9.90. The zero-order valence-electron chi connectivity index (χ0n) is 11.0. The molecule has 6 heteroatoms. The van der Waals surface area contributed by atoms with Crippen LogP contribution in [0.1, 0.15) is 36.2 Å². The van der Waals surface area contributed by atoms with Gasteiger partial charge in [-0.15, -0.1) is 0 Å². The molecule has 0 aromatic carbocycles. The lowest BCUT2D eigenvalue weighted by molar-refractivity contribution is -0.0754. The number of carbonyl (C=O) groups is 1. The van der Waals surface area contributed by atoms with Crippen LogP contribution in [0.15, 0.2) is 12.1 Å². The number of aromatic nitrogens is 1. The fourth-order valence-corrected chi connectivity index (χ4v) is 3.39. The van der Waals surface area contributed by atoms with Gasteiger partial charge in [-0.2, -0.15) is 0 Å². The Bertz CT molecular complexity index is 522. The summed E-state index contributed by atoms with van der Waals surface area (Å²) in [7, 11) is 0. The van der Waals surface area contributed by atoms with Crippen LogP contribution in [-0.2, 0) is 4.74 Å². The van der Waals surface area contributed by atoms with E-state index in [0.29, 0.717) is 18.2 Å². The van der Waals surface area contributed by atoms with Gasteiger partial charge in [0.25, 0.3) is 5.91 Å². The highest BCUT2D eigenvalue weighted by atomic mass is 35.5. The van der Waals surface area contributed by atoms with Crippen molar-refractivity contribution in [1.82, 2.24) is 9.88 Å². The fraction of sp³-hybridized carbons (Fsp3) is 0.571. The van der Waals surface area contributed by atoms with E-state index in [1.807, 2.05) is 4.90 Å². The highest BCUT2D eigenvalue weighted by Gasteiger charge is 2.37. The van der Waals surface area contributed by atoms with E-state index in [0.717, 1.165) is 19.3 Å². The first-order chi connectivity index (χ1) is 9.66. The maximum Gasteiger partial charge on any atom is 0.274 e. The molecule has 1 saturated heterocycles. The van der Waals surface area contributed by atoms with Crippen LogP contribution < -0.4 is 0 Å². The third-order valence-electron chi connectivity index (χ3n) is 4.01. The number of rotatable bonds is 1. The quantitative estimate of drug-likeness (QED) is 0.748.